The van der Waals surface area contributed by atoms with Crippen LogP contribution in [0.3, 0.4) is 0 Å². The lowest BCUT2D eigenvalue weighted by Crippen LogP contribution is -2.56. The summed E-state index contributed by atoms with van der Waals surface area (Å²) in [5, 5.41) is 11.3. The summed E-state index contributed by atoms with van der Waals surface area (Å²) in [6, 6.07) is 0. The van der Waals surface area contributed by atoms with Gasteiger partial charge in [0, 0.05) is 0 Å². The molecule has 0 saturated carbocycles. The van der Waals surface area contributed by atoms with E-state index in [2.05, 4.69) is 172 Å². The van der Waals surface area contributed by atoms with Crippen LogP contribution in [0, 0.1) is 47.4 Å². The Bertz CT molecular complexity index is 1150. The maximum absolute atomic E-state index is 11.3. The molecule has 0 radical (unpaired) electrons. The van der Waals surface area contributed by atoms with Gasteiger partial charge in [0.1, 0.15) is 18.3 Å². The number of hydrogen-bond acceptors (Lipinski definition) is 4. The van der Waals surface area contributed by atoms with Crippen molar-refractivity contribution in [3.63, 3.8) is 0 Å². The molecular formula is C39H68O4Si3. The van der Waals surface area contributed by atoms with Gasteiger partial charge in [-0.05, 0) is 73.6 Å². The third-order valence-electron chi connectivity index (χ3n) is 10.7. The van der Waals surface area contributed by atoms with Crippen molar-refractivity contribution >= 4 is 25.0 Å². The Morgan fingerprint density at radius 1 is 0.348 bits per heavy atom. The van der Waals surface area contributed by atoms with Gasteiger partial charge in [0.15, 0.2) is 6.10 Å². The molecule has 1 rings (SSSR count). The molecule has 0 heterocycles. The van der Waals surface area contributed by atoms with Crippen LogP contribution < -0.4 is 0 Å². The fraction of sp³-hybridized carbons (Fsp3) is 0.795. The molecule has 7 heteroatoms. The molecule has 0 bridgehead atoms. The summed E-state index contributed by atoms with van der Waals surface area (Å²) in [6.07, 6.45) is -3.04. The zero-order valence-corrected chi connectivity index (χ0v) is 35.7. The monoisotopic (exact) mass is 684 g/mol. The number of rotatable bonds is 15. The zero-order valence-electron chi connectivity index (χ0n) is 32.7. The standard InChI is InChI=1S/C39H68O4Si3/c1-27(2)44(28(3)4,29(5)6)41-37-24-21-22-26-39(43-46(33(13)14,34(15)16)35(17)18)38(25-20-19-23-36(37)40)42-45(30(7)8,31(9)10)32(11)12/h27-40H,1-18H3/t36-,37-,38?,39-/m0/s1. The first kappa shape index (κ1) is 42.8. The topological polar surface area (TPSA) is 47.9 Å². The van der Waals surface area contributed by atoms with Gasteiger partial charge in [0.2, 0.25) is 25.0 Å². The first-order valence-corrected chi connectivity index (χ1v) is 24.3. The van der Waals surface area contributed by atoms with Crippen LogP contribution in [-0.2, 0) is 13.3 Å². The zero-order chi connectivity index (χ0) is 35.8. The molecular weight excluding hydrogens is 617 g/mol. The van der Waals surface area contributed by atoms with Crippen LogP contribution in [0.1, 0.15) is 125 Å². The van der Waals surface area contributed by atoms with E-state index in [0.29, 0.717) is 49.9 Å². The Morgan fingerprint density at radius 3 is 0.783 bits per heavy atom. The van der Waals surface area contributed by atoms with Crippen LogP contribution >= 0.6 is 0 Å². The molecule has 0 aliphatic heterocycles. The Labute approximate surface area is 288 Å². The molecule has 46 heavy (non-hydrogen) atoms. The minimum absolute atomic E-state index is 0.339. The highest BCUT2D eigenvalue weighted by Crippen LogP contribution is 2.46. The molecule has 0 fully saturated rings. The SMILES string of the molecule is CC(C)[Si](OC1C#CC#C[C@H](O)[C@@H](O[Si](C(C)C)(C(C)C)C(C)C)C#CC#C[C@@H]1O[Si](C(C)C)(C(C)C)C(C)C)(C(C)C)C(C)C. The van der Waals surface area contributed by atoms with Gasteiger partial charge < -0.3 is 18.4 Å². The molecule has 1 aliphatic rings. The largest absolute Gasteiger partial charge is 0.399 e. The van der Waals surface area contributed by atoms with E-state index in [1.54, 1.807) is 0 Å². The van der Waals surface area contributed by atoms with E-state index < -0.39 is 49.4 Å². The normalized spacial score (nSPS) is 21.2. The molecule has 1 N–H and O–H groups in total. The Hall–Kier alpha value is -1.27. The van der Waals surface area contributed by atoms with Crippen molar-refractivity contribution in [1.29, 1.82) is 0 Å². The Balaban J connectivity index is 4.01. The molecule has 1 unspecified atom stereocenters. The highest BCUT2D eigenvalue weighted by molar-refractivity contribution is 6.78. The highest BCUT2D eigenvalue weighted by Gasteiger charge is 2.51. The number of aliphatic hydroxyl groups is 1. The molecule has 0 amide bonds. The average Bonchev–Trinajstić information content (AvgIpc) is 2.91. The Kier molecular flexibility index (Phi) is 16.7. The van der Waals surface area contributed by atoms with E-state index in [-0.39, 0.29) is 0 Å². The van der Waals surface area contributed by atoms with Crippen molar-refractivity contribution in [1.82, 2.24) is 0 Å². The summed E-state index contributed by atoms with van der Waals surface area (Å²) in [4.78, 5) is 0. The quantitative estimate of drug-likeness (QED) is 0.138. The molecule has 4 atom stereocenters. The molecule has 4 nitrogen and oxygen atoms in total. The second-order valence-corrected chi connectivity index (χ2v) is 32.3. The lowest BCUT2D eigenvalue weighted by molar-refractivity contribution is 0.0961. The van der Waals surface area contributed by atoms with Crippen LogP contribution in [0.4, 0.5) is 0 Å². The maximum Gasteiger partial charge on any atom is 0.202 e. The van der Waals surface area contributed by atoms with Crippen molar-refractivity contribution in [3.05, 3.63) is 0 Å². The van der Waals surface area contributed by atoms with E-state index in [9.17, 15) is 5.11 Å². The van der Waals surface area contributed by atoms with Crippen molar-refractivity contribution in [3.8, 4) is 47.4 Å². The van der Waals surface area contributed by atoms with E-state index in [1.165, 1.54) is 0 Å². The lowest BCUT2D eigenvalue weighted by atomic mass is 10.2. The maximum atomic E-state index is 11.3. The van der Waals surface area contributed by atoms with E-state index in [4.69, 9.17) is 13.3 Å². The minimum Gasteiger partial charge on any atom is -0.399 e. The summed E-state index contributed by atoms with van der Waals surface area (Å²) >= 11 is 0. The fourth-order valence-electron chi connectivity index (χ4n) is 8.90. The second-order valence-electron chi connectivity index (χ2n) is 16.1. The van der Waals surface area contributed by atoms with Gasteiger partial charge in [-0.3, -0.25) is 0 Å². The molecule has 260 valence electrons. The van der Waals surface area contributed by atoms with Crippen LogP contribution in [-0.4, -0.2) is 54.5 Å². The third kappa shape index (κ3) is 9.24. The molecule has 1 aliphatic carbocycles. The van der Waals surface area contributed by atoms with Crippen molar-refractivity contribution in [2.45, 2.75) is 199 Å². The molecule has 0 aromatic carbocycles. The summed E-state index contributed by atoms with van der Waals surface area (Å²) in [5.41, 5.74) is 3.21. The van der Waals surface area contributed by atoms with Gasteiger partial charge in [-0.1, -0.05) is 148 Å². The van der Waals surface area contributed by atoms with Gasteiger partial charge in [-0.15, -0.1) is 0 Å². The molecule has 0 aromatic rings. The first-order chi connectivity index (χ1) is 21.2. The smallest absolute Gasteiger partial charge is 0.202 e. The summed E-state index contributed by atoms with van der Waals surface area (Å²) < 4.78 is 21.6. The molecule has 0 spiro atoms. The fourth-order valence-corrected chi connectivity index (χ4v) is 25.2. The van der Waals surface area contributed by atoms with Crippen LogP contribution in [0.15, 0.2) is 0 Å². The van der Waals surface area contributed by atoms with E-state index in [1.807, 2.05) is 0 Å². The van der Waals surface area contributed by atoms with Crippen LogP contribution in [0.5, 0.6) is 0 Å². The van der Waals surface area contributed by atoms with Gasteiger partial charge in [0.05, 0.1) is 0 Å². The van der Waals surface area contributed by atoms with Crippen molar-refractivity contribution in [2.24, 2.45) is 0 Å². The van der Waals surface area contributed by atoms with E-state index in [0.717, 1.165) is 0 Å². The molecule has 0 aromatic heterocycles. The number of hydrogen-bond donors (Lipinski definition) is 1. The van der Waals surface area contributed by atoms with Crippen LogP contribution in [0.25, 0.3) is 0 Å². The summed E-state index contributed by atoms with van der Waals surface area (Å²) in [5.74, 6) is 25.2. The van der Waals surface area contributed by atoms with E-state index >= 15 is 0 Å². The second kappa shape index (κ2) is 17.9. The summed E-state index contributed by atoms with van der Waals surface area (Å²) in [6.45, 7) is 40.8. The molecule has 0 saturated heterocycles. The van der Waals surface area contributed by atoms with Gasteiger partial charge >= 0.3 is 0 Å². The van der Waals surface area contributed by atoms with Crippen molar-refractivity contribution in [2.75, 3.05) is 0 Å². The van der Waals surface area contributed by atoms with Gasteiger partial charge in [-0.25, -0.2) is 0 Å². The Morgan fingerprint density at radius 2 is 0.543 bits per heavy atom. The van der Waals surface area contributed by atoms with Crippen LogP contribution in [0.2, 0.25) is 49.9 Å². The first-order valence-electron chi connectivity index (χ1n) is 17.9. The summed E-state index contributed by atoms with van der Waals surface area (Å²) in [7, 11) is -7.10. The minimum atomic E-state index is -2.38. The number of aliphatic hydroxyl groups excluding tert-OH is 1. The lowest BCUT2D eigenvalue weighted by Gasteiger charge is -2.47. The van der Waals surface area contributed by atoms with Crippen molar-refractivity contribution < 1.29 is 18.4 Å². The van der Waals surface area contributed by atoms with Gasteiger partial charge in [0.25, 0.3) is 0 Å². The predicted molar refractivity (Wildman–Crippen MR) is 205 cm³/mol. The average molecular weight is 685 g/mol. The van der Waals surface area contributed by atoms with Gasteiger partial charge in [-0.2, -0.15) is 0 Å². The highest BCUT2D eigenvalue weighted by atomic mass is 28.4. The predicted octanol–water partition coefficient (Wildman–Crippen LogP) is 10.1. The third-order valence-corrected chi connectivity index (χ3v) is 28.9.